The van der Waals surface area contributed by atoms with E-state index in [1.807, 2.05) is 18.2 Å². The Bertz CT molecular complexity index is 1290. The summed E-state index contributed by atoms with van der Waals surface area (Å²) in [5.74, 6) is -0.624. The van der Waals surface area contributed by atoms with Crippen molar-refractivity contribution in [2.75, 3.05) is 6.54 Å². The smallest absolute Gasteiger partial charge is 0.255 e. The Balaban J connectivity index is 1.83. The first-order valence-electron chi connectivity index (χ1n) is 9.43. The van der Waals surface area contributed by atoms with Crippen molar-refractivity contribution in [3.63, 3.8) is 0 Å². The third kappa shape index (κ3) is 7.02. The highest BCUT2D eigenvalue weighted by atomic mass is 79.9. The molecule has 0 atom stereocenters. The molecule has 0 saturated carbocycles. The highest BCUT2D eigenvalue weighted by molar-refractivity contribution is 9.10. The van der Waals surface area contributed by atoms with Gasteiger partial charge < -0.3 is 0 Å². The van der Waals surface area contributed by atoms with Gasteiger partial charge in [0.2, 0.25) is 10.0 Å². The molecule has 0 fully saturated rings. The lowest BCUT2D eigenvalue weighted by Crippen LogP contribution is -2.39. The quantitative estimate of drug-likeness (QED) is 0.269. The molecule has 0 spiro atoms. The van der Waals surface area contributed by atoms with Gasteiger partial charge in [0.05, 0.1) is 17.7 Å². The second kappa shape index (κ2) is 11.5. The van der Waals surface area contributed by atoms with Gasteiger partial charge in [-0.25, -0.2) is 13.8 Å². The number of amides is 1. The number of halogens is 4. The summed E-state index contributed by atoms with van der Waals surface area (Å²) in [6.45, 7) is -0.639. The van der Waals surface area contributed by atoms with E-state index in [-0.39, 0.29) is 16.5 Å². The Morgan fingerprint density at radius 2 is 1.67 bits per heavy atom. The van der Waals surface area contributed by atoms with Crippen LogP contribution in [-0.4, -0.2) is 31.4 Å². The number of carbonyl (C=O) groups is 1. The maximum atomic E-state index is 13.3. The van der Waals surface area contributed by atoms with Crippen LogP contribution < -0.4 is 5.43 Å². The second-order valence-electron chi connectivity index (χ2n) is 6.78. The van der Waals surface area contributed by atoms with Crippen LogP contribution in [0.25, 0.3) is 0 Å². The molecule has 0 bridgehead atoms. The van der Waals surface area contributed by atoms with E-state index in [1.165, 1.54) is 36.5 Å². The molecule has 0 aliphatic carbocycles. The number of hydrogen-bond donors (Lipinski definition) is 1. The molecule has 0 heterocycles. The Hall–Kier alpha value is -1.94. The minimum absolute atomic E-state index is 0.0125. The van der Waals surface area contributed by atoms with Gasteiger partial charge in [0.1, 0.15) is 0 Å². The largest absolute Gasteiger partial charge is 0.272 e. The first-order valence-corrected chi connectivity index (χ1v) is 12.8. The van der Waals surface area contributed by atoms with Gasteiger partial charge in [-0.05, 0) is 48.0 Å². The average Bonchev–Trinajstić information content (AvgIpc) is 2.76. The van der Waals surface area contributed by atoms with Gasteiger partial charge in [-0.2, -0.15) is 9.41 Å². The van der Waals surface area contributed by atoms with Crippen LogP contribution >= 0.6 is 50.7 Å². The number of nitrogens with zero attached hydrogens (tertiary/aromatic N) is 2. The first-order chi connectivity index (χ1) is 15.7. The van der Waals surface area contributed by atoms with E-state index in [0.717, 1.165) is 14.3 Å². The van der Waals surface area contributed by atoms with Crippen LogP contribution in [0, 0.1) is 0 Å². The SMILES string of the molecule is O=C(CN(Cc1ccc(Cl)cc1Cl)S(=O)(=O)c1ccc(Cl)cc1)N/N=C\c1ccccc1Br. The van der Waals surface area contributed by atoms with Crippen LogP contribution in [0.2, 0.25) is 15.1 Å². The molecule has 1 amide bonds. The van der Waals surface area contributed by atoms with Gasteiger partial charge in [0.25, 0.3) is 5.91 Å². The Kier molecular flexibility index (Phi) is 8.92. The van der Waals surface area contributed by atoms with Gasteiger partial charge in [0, 0.05) is 31.6 Å². The zero-order valence-corrected chi connectivity index (χ0v) is 21.6. The standard InChI is InChI=1S/C22H17BrCl3N3O3S/c23-20-4-2-1-3-15(20)12-27-28-22(30)14-29(13-16-5-6-18(25)11-21(16)26)33(31,32)19-9-7-17(24)8-10-19/h1-12H,13-14H2,(H,28,30)/b27-12-. The number of nitrogens with one attached hydrogen (secondary N) is 1. The summed E-state index contributed by atoms with van der Waals surface area (Å²) in [7, 11) is -4.06. The molecule has 33 heavy (non-hydrogen) atoms. The van der Waals surface area contributed by atoms with Gasteiger partial charge in [0.15, 0.2) is 0 Å². The molecular formula is C22H17BrCl3N3O3S. The fourth-order valence-electron chi connectivity index (χ4n) is 2.77. The van der Waals surface area contributed by atoms with Gasteiger partial charge >= 0.3 is 0 Å². The summed E-state index contributed by atoms with van der Waals surface area (Å²) < 4.78 is 28.4. The third-order valence-corrected chi connectivity index (χ3v) is 7.80. The first kappa shape index (κ1) is 25.7. The van der Waals surface area contributed by atoms with Crippen LogP contribution in [0.15, 0.2) is 81.2 Å². The molecule has 6 nitrogen and oxygen atoms in total. The number of hydrazone groups is 1. The molecule has 0 aliphatic rings. The predicted octanol–water partition coefficient (Wildman–Crippen LogP) is 5.75. The molecule has 3 aromatic rings. The van der Waals surface area contributed by atoms with E-state index in [0.29, 0.717) is 15.6 Å². The Morgan fingerprint density at radius 1 is 1.00 bits per heavy atom. The summed E-state index contributed by atoms with van der Waals surface area (Å²) in [5, 5.41) is 5.01. The lowest BCUT2D eigenvalue weighted by Gasteiger charge is -2.22. The highest BCUT2D eigenvalue weighted by Gasteiger charge is 2.27. The van der Waals surface area contributed by atoms with Crippen LogP contribution in [0.5, 0.6) is 0 Å². The van der Waals surface area contributed by atoms with Crippen molar-refractivity contribution in [2.45, 2.75) is 11.4 Å². The van der Waals surface area contributed by atoms with E-state index in [9.17, 15) is 13.2 Å². The van der Waals surface area contributed by atoms with Crippen molar-refractivity contribution in [1.82, 2.24) is 9.73 Å². The van der Waals surface area contributed by atoms with Crippen molar-refractivity contribution in [2.24, 2.45) is 5.10 Å². The van der Waals surface area contributed by atoms with Gasteiger partial charge in [-0.15, -0.1) is 0 Å². The summed E-state index contributed by atoms with van der Waals surface area (Å²) in [6, 6.07) is 17.7. The molecule has 3 rings (SSSR count). The van der Waals surface area contributed by atoms with Crippen LogP contribution in [0.4, 0.5) is 0 Å². The molecule has 11 heteroatoms. The Morgan fingerprint density at radius 3 is 2.33 bits per heavy atom. The van der Waals surface area contributed by atoms with E-state index in [4.69, 9.17) is 34.8 Å². The van der Waals surface area contributed by atoms with E-state index in [2.05, 4.69) is 26.5 Å². The van der Waals surface area contributed by atoms with E-state index in [1.54, 1.807) is 18.2 Å². The minimum Gasteiger partial charge on any atom is -0.272 e. The summed E-state index contributed by atoms with van der Waals surface area (Å²) in [4.78, 5) is 12.6. The minimum atomic E-state index is -4.06. The molecule has 0 aliphatic heterocycles. The summed E-state index contributed by atoms with van der Waals surface area (Å²) in [5.41, 5.74) is 3.60. The number of benzene rings is 3. The van der Waals surface area contributed by atoms with Crippen LogP contribution in [0.3, 0.4) is 0 Å². The lowest BCUT2D eigenvalue weighted by atomic mass is 10.2. The zero-order chi connectivity index (χ0) is 24.0. The Labute approximate surface area is 215 Å². The van der Waals surface area contributed by atoms with Crippen molar-refractivity contribution in [1.29, 1.82) is 0 Å². The topological polar surface area (TPSA) is 78.8 Å². The molecular weight excluding hydrogens is 573 g/mol. The molecule has 0 aromatic heterocycles. The fourth-order valence-corrected chi connectivity index (χ4v) is 5.13. The van der Waals surface area contributed by atoms with Crippen molar-refractivity contribution >= 4 is 72.9 Å². The van der Waals surface area contributed by atoms with Crippen molar-refractivity contribution < 1.29 is 13.2 Å². The second-order valence-corrected chi connectivity index (χ2v) is 10.8. The molecule has 0 unspecified atom stereocenters. The highest BCUT2D eigenvalue weighted by Crippen LogP contribution is 2.25. The van der Waals surface area contributed by atoms with E-state index >= 15 is 0 Å². The summed E-state index contributed by atoms with van der Waals surface area (Å²) in [6.07, 6.45) is 1.45. The molecule has 0 radical (unpaired) electrons. The molecule has 0 saturated heterocycles. The average molecular weight is 590 g/mol. The fraction of sp³-hybridized carbons (Fsp3) is 0.0909. The van der Waals surface area contributed by atoms with Crippen molar-refractivity contribution in [3.05, 3.63) is 97.4 Å². The lowest BCUT2D eigenvalue weighted by molar-refractivity contribution is -0.121. The maximum Gasteiger partial charge on any atom is 0.255 e. The number of carbonyl (C=O) groups excluding carboxylic acids is 1. The van der Waals surface area contributed by atoms with Crippen molar-refractivity contribution in [3.8, 4) is 0 Å². The monoisotopic (exact) mass is 587 g/mol. The van der Waals surface area contributed by atoms with Crippen LogP contribution in [-0.2, 0) is 21.4 Å². The maximum absolute atomic E-state index is 13.3. The predicted molar refractivity (Wildman–Crippen MR) is 135 cm³/mol. The van der Waals surface area contributed by atoms with Gasteiger partial charge in [-0.1, -0.05) is 75.0 Å². The number of hydrogen-bond acceptors (Lipinski definition) is 4. The molecule has 3 aromatic carbocycles. The van der Waals surface area contributed by atoms with Crippen LogP contribution in [0.1, 0.15) is 11.1 Å². The van der Waals surface area contributed by atoms with Gasteiger partial charge in [-0.3, -0.25) is 4.79 Å². The molecule has 1 N–H and O–H groups in total. The number of sulfonamides is 1. The normalized spacial score (nSPS) is 11.8. The zero-order valence-electron chi connectivity index (χ0n) is 16.9. The summed E-state index contributed by atoms with van der Waals surface area (Å²) >= 11 is 21.5. The number of rotatable bonds is 8. The molecule has 172 valence electrons. The van der Waals surface area contributed by atoms with E-state index < -0.39 is 22.5 Å². The third-order valence-electron chi connectivity index (χ3n) is 4.43.